The number of hydrogen-bond acceptors (Lipinski definition) is 1. The predicted molar refractivity (Wildman–Crippen MR) is 95.0 cm³/mol. The van der Waals surface area contributed by atoms with E-state index in [1.165, 1.54) is 39.2 Å². The van der Waals surface area contributed by atoms with Crippen molar-refractivity contribution in [2.45, 2.75) is 46.7 Å². The second kappa shape index (κ2) is 4.15. The Bertz CT molecular complexity index is 1040. The molecule has 0 saturated heterocycles. The van der Waals surface area contributed by atoms with Crippen LogP contribution >= 0.6 is 0 Å². The van der Waals surface area contributed by atoms with Gasteiger partial charge in [0.1, 0.15) is 5.82 Å². The van der Waals surface area contributed by atoms with Gasteiger partial charge in [0.25, 0.3) is 0 Å². The van der Waals surface area contributed by atoms with Crippen LogP contribution in [0.5, 0.6) is 0 Å². The Morgan fingerprint density at radius 3 is 2.71 bits per heavy atom. The number of fused-ring (bicyclic) bond motifs is 2. The second-order valence-corrected chi connectivity index (χ2v) is 7.71. The molecule has 120 valence electrons. The van der Waals surface area contributed by atoms with Crippen LogP contribution in [-0.2, 0) is 12.1 Å². The van der Waals surface area contributed by atoms with E-state index in [9.17, 15) is 0 Å². The van der Waals surface area contributed by atoms with Gasteiger partial charge in [0.15, 0.2) is 6.20 Å². The van der Waals surface area contributed by atoms with Crippen LogP contribution in [0, 0.1) is 20.8 Å². The van der Waals surface area contributed by atoms with E-state index in [-0.39, 0.29) is 5.41 Å². The Labute approximate surface area is 142 Å². The first-order valence-corrected chi connectivity index (χ1v) is 8.62. The highest BCUT2D eigenvalue weighted by atomic mass is 15.2. The molecular weight excluding hydrogens is 294 g/mol. The van der Waals surface area contributed by atoms with Gasteiger partial charge in [-0.2, -0.15) is 4.57 Å². The molecule has 0 amide bonds. The molecule has 0 saturated carbocycles. The predicted octanol–water partition coefficient (Wildman–Crippen LogP) is 3.89. The smallest absolute Gasteiger partial charge is 0.229 e. The molecule has 0 fully saturated rings. The Morgan fingerprint density at radius 1 is 1.12 bits per heavy atom. The van der Waals surface area contributed by atoms with Crippen LogP contribution in [0.3, 0.4) is 0 Å². The summed E-state index contributed by atoms with van der Waals surface area (Å²) in [5, 5.41) is 0. The molecular formula is C21H22N3+. The van der Waals surface area contributed by atoms with Gasteiger partial charge in [-0.25, -0.2) is 4.98 Å². The number of imidazole rings is 1. The Morgan fingerprint density at radius 2 is 1.92 bits per heavy atom. The lowest BCUT2D eigenvalue weighted by Gasteiger charge is -2.22. The lowest BCUT2D eigenvalue weighted by molar-refractivity contribution is -0.690. The molecule has 3 heterocycles. The molecule has 0 N–H and O–H groups in total. The molecule has 0 bridgehead atoms. The average Bonchev–Trinajstić information content (AvgIpc) is 2.87. The summed E-state index contributed by atoms with van der Waals surface area (Å²) in [7, 11) is 0. The van der Waals surface area contributed by atoms with Crippen LogP contribution in [0.4, 0.5) is 0 Å². The quantitative estimate of drug-likeness (QED) is 0.451. The van der Waals surface area contributed by atoms with E-state index < -0.39 is 0 Å². The molecule has 0 unspecified atom stereocenters. The van der Waals surface area contributed by atoms with Crippen molar-refractivity contribution in [2.24, 2.45) is 0 Å². The largest absolute Gasteiger partial charge is 0.271 e. The fraction of sp³-hybridized carbons (Fsp3) is 0.333. The van der Waals surface area contributed by atoms with Crippen molar-refractivity contribution in [2.75, 3.05) is 0 Å². The van der Waals surface area contributed by atoms with Crippen molar-refractivity contribution in [3.63, 3.8) is 0 Å². The first-order chi connectivity index (χ1) is 11.4. The SMILES string of the molecule is Cc1cc[n+]2c3c1C(C)(C)c1cccc(c1-3)-c1c(C)nc(C)n1C2. The van der Waals surface area contributed by atoms with Gasteiger partial charge in [-0.15, -0.1) is 0 Å². The summed E-state index contributed by atoms with van der Waals surface area (Å²) in [6.07, 6.45) is 2.24. The van der Waals surface area contributed by atoms with Gasteiger partial charge in [0.05, 0.1) is 17.0 Å². The highest BCUT2D eigenvalue weighted by molar-refractivity contribution is 5.90. The van der Waals surface area contributed by atoms with Gasteiger partial charge in [-0.05, 0) is 31.9 Å². The number of aryl methyl sites for hydroxylation is 3. The first kappa shape index (κ1) is 14.0. The van der Waals surface area contributed by atoms with Crippen LogP contribution in [0.2, 0.25) is 0 Å². The van der Waals surface area contributed by atoms with Crippen molar-refractivity contribution in [3.05, 3.63) is 58.7 Å². The second-order valence-electron chi connectivity index (χ2n) is 7.71. The molecule has 0 radical (unpaired) electrons. The van der Waals surface area contributed by atoms with Gasteiger partial charge >= 0.3 is 0 Å². The molecule has 2 aromatic heterocycles. The summed E-state index contributed by atoms with van der Waals surface area (Å²) in [5.41, 5.74) is 10.9. The summed E-state index contributed by atoms with van der Waals surface area (Å²) in [4.78, 5) is 4.76. The molecule has 3 nitrogen and oxygen atoms in total. The van der Waals surface area contributed by atoms with Gasteiger partial charge in [0.2, 0.25) is 12.4 Å². The highest BCUT2D eigenvalue weighted by Crippen LogP contribution is 2.52. The number of nitrogens with zero attached hydrogens (tertiary/aromatic N) is 3. The normalized spacial score (nSPS) is 15.9. The van der Waals surface area contributed by atoms with Crippen molar-refractivity contribution >= 4 is 0 Å². The van der Waals surface area contributed by atoms with Gasteiger partial charge < -0.3 is 0 Å². The van der Waals surface area contributed by atoms with Gasteiger partial charge in [-0.3, -0.25) is 4.57 Å². The minimum atomic E-state index is 0.0406. The molecule has 1 aliphatic heterocycles. The maximum absolute atomic E-state index is 4.76. The number of rotatable bonds is 0. The van der Waals surface area contributed by atoms with E-state index in [0.29, 0.717) is 0 Å². The number of hydrogen-bond donors (Lipinski definition) is 0. The summed E-state index contributed by atoms with van der Waals surface area (Å²) in [5.74, 6) is 1.08. The average molecular weight is 316 g/mol. The van der Waals surface area contributed by atoms with Crippen molar-refractivity contribution < 1.29 is 4.57 Å². The third-order valence-corrected chi connectivity index (χ3v) is 5.90. The zero-order valence-corrected chi connectivity index (χ0v) is 14.9. The fourth-order valence-corrected chi connectivity index (χ4v) is 4.90. The van der Waals surface area contributed by atoms with Crippen LogP contribution in [0.15, 0.2) is 30.5 Å². The maximum atomic E-state index is 4.76. The zero-order valence-electron chi connectivity index (χ0n) is 14.9. The Balaban J connectivity index is 2.04. The van der Waals surface area contributed by atoms with Crippen molar-refractivity contribution in [3.8, 4) is 22.5 Å². The third-order valence-electron chi connectivity index (χ3n) is 5.90. The summed E-state index contributed by atoms with van der Waals surface area (Å²) < 4.78 is 4.76. The first-order valence-electron chi connectivity index (χ1n) is 8.62. The van der Waals surface area contributed by atoms with Crippen LogP contribution in [0.25, 0.3) is 22.5 Å². The van der Waals surface area contributed by atoms with Crippen molar-refractivity contribution in [1.82, 2.24) is 9.55 Å². The number of pyridine rings is 1. The summed E-state index contributed by atoms with van der Waals surface area (Å²) in [6, 6.07) is 9.04. The molecule has 0 atom stereocenters. The maximum Gasteiger partial charge on any atom is 0.229 e. The molecule has 3 heteroatoms. The van der Waals surface area contributed by atoms with E-state index in [1.54, 1.807) is 0 Å². The highest BCUT2D eigenvalue weighted by Gasteiger charge is 2.45. The van der Waals surface area contributed by atoms with E-state index in [0.717, 1.165) is 18.2 Å². The topological polar surface area (TPSA) is 21.7 Å². The Hall–Kier alpha value is -2.42. The monoisotopic (exact) mass is 316 g/mol. The lowest BCUT2D eigenvalue weighted by atomic mass is 9.80. The number of benzene rings is 1. The molecule has 2 aliphatic rings. The molecule has 1 aliphatic carbocycles. The minimum Gasteiger partial charge on any atom is -0.271 e. The van der Waals surface area contributed by atoms with E-state index in [4.69, 9.17) is 4.98 Å². The van der Waals surface area contributed by atoms with Crippen LogP contribution in [-0.4, -0.2) is 9.55 Å². The van der Waals surface area contributed by atoms with Gasteiger partial charge in [0, 0.05) is 22.6 Å². The standard InChI is InChI=1S/C21H22N3/c1-12-9-10-23-11-24-14(3)22-13(2)19(24)15-7-6-8-16-17(15)20(23)18(12)21(16,4)5/h6-10H,11H2,1-5H3/q+1. The molecule has 5 rings (SSSR count). The van der Waals surface area contributed by atoms with Crippen molar-refractivity contribution in [1.29, 1.82) is 0 Å². The fourth-order valence-electron chi connectivity index (χ4n) is 4.90. The Kier molecular flexibility index (Phi) is 2.42. The van der Waals surface area contributed by atoms with E-state index in [2.05, 4.69) is 74.2 Å². The van der Waals surface area contributed by atoms with Gasteiger partial charge in [-0.1, -0.05) is 32.0 Å². The van der Waals surface area contributed by atoms with E-state index in [1.807, 2.05) is 0 Å². The molecule has 1 aromatic carbocycles. The van der Waals surface area contributed by atoms with Crippen LogP contribution < -0.4 is 4.57 Å². The molecule has 0 spiro atoms. The minimum absolute atomic E-state index is 0.0406. The summed E-state index contributed by atoms with van der Waals surface area (Å²) in [6.45, 7) is 12.0. The lowest BCUT2D eigenvalue weighted by Crippen LogP contribution is -2.40. The zero-order chi connectivity index (χ0) is 16.8. The molecule has 3 aromatic rings. The van der Waals surface area contributed by atoms with E-state index >= 15 is 0 Å². The summed E-state index contributed by atoms with van der Waals surface area (Å²) >= 11 is 0. The molecule has 24 heavy (non-hydrogen) atoms. The number of aromatic nitrogens is 3. The van der Waals surface area contributed by atoms with Crippen LogP contribution in [0.1, 0.15) is 42.1 Å². The third kappa shape index (κ3) is 1.44.